The zero-order valence-corrected chi connectivity index (χ0v) is 20.4. The summed E-state index contributed by atoms with van der Waals surface area (Å²) >= 11 is 0. The molecule has 36 heavy (non-hydrogen) atoms. The number of amides is 2. The molecule has 0 saturated carbocycles. The Morgan fingerprint density at radius 1 is 1.11 bits per heavy atom. The number of aryl methyl sites for hydroxylation is 1. The highest BCUT2D eigenvalue weighted by atomic mass is 16.2. The van der Waals surface area contributed by atoms with Gasteiger partial charge in [0.05, 0.1) is 10.9 Å². The maximum atomic E-state index is 13.4. The van der Waals surface area contributed by atoms with Gasteiger partial charge < -0.3 is 10.6 Å². The van der Waals surface area contributed by atoms with Crippen LogP contribution in [-0.2, 0) is 17.9 Å². The van der Waals surface area contributed by atoms with Gasteiger partial charge in [-0.3, -0.25) is 19.0 Å². The Labute approximate surface area is 206 Å². The van der Waals surface area contributed by atoms with Gasteiger partial charge in [0.2, 0.25) is 11.7 Å². The van der Waals surface area contributed by atoms with Crippen molar-refractivity contribution in [1.29, 1.82) is 0 Å². The Balaban J connectivity index is 1.80. The molecular formula is C26H28N6O4. The fourth-order valence-electron chi connectivity index (χ4n) is 3.83. The number of aromatic nitrogens is 4. The van der Waals surface area contributed by atoms with Crippen LogP contribution in [0.25, 0.3) is 16.7 Å². The number of anilines is 1. The maximum Gasteiger partial charge on any atom is 0.352 e. The van der Waals surface area contributed by atoms with Crippen LogP contribution >= 0.6 is 0 Å². The van der Waals surface area contributed by atoms with Crippen LogP contribution in [0.2, 0.25) is 0 Å². The van der Waals surface area contributed by atoms with Gasteiger partial charge in [0.25, 0.3) is 11.5 Å². The topological polar surface area (TPSA) is 120 Å². The molecule has 2 aromatic carbocycles. The van der Waals surface area contributed by atoms with E-state index in [1.54, 1.807) is 18.2 Å². The van der Waals surface area contributed by atoms with Crippen LogP contribution in [0.15, 0.2) is 64.7 Å². The van der Waals surface area contributed by atoms with E-state index in [0.717, 1.165) is 10.2 Å². The third-order valence-electron chi connectivity index (χ3n) is 5.65. The minimum Gasteiger partial charge on any atom is -0.352 e. The summed E-state index contributed by atoms with van der Waals surface area (Å²) in [6, 6.07) is 11.8. The molecule has 0 unspecified atom stereocenters. The first kappa shape index (κ1) is 24.6. The van der Waals surface area contributed by atoms with Crippen LogP contribution < -0.4 is 21.9 Å². The molecule has 0 saturated heterocycles. The SMILES string of the molecule is C=CCn1c(=O)c2ccc(C(=O)NCC(C)C)cc2n2c(=O)n(CC(=O)Nc3ccc(C)cc3)nc12. The van der Waals surface area contributed by atoms with Crippen LogP contribution in [0, 0.1) is 12.8 Å². The van der Waals surface area contributed by atoms with Crippen LogP contribution in [-0.4, -0.2) is 37.1 Å². The first-order valence-electron chi connectivity index (χ1n) is 11.6. The molecule has 0 atom stereocenters. The molecule has 0 spiro atoms. The summed E-state index contributed by atoms with van der Waals surface area (Å²) in [7, 11) is 0. The van der Waals surface area contributed by atoms with Gasteiger partial charge in [-0.2, -0.15) is 0 Å². The lowest BCUT2D eigenvalue weighted by Gasteiger charge is -2.10. The van der Waals surface area contributed by atoms with E-state index < -0.39 is 11.6 Å². The molecule has 10 heteroatoms. The number of fused-ring (bicyclic) bond motifs is 3. The number of rotatable bonds is 8. The van der Waals surface area contributed by atoms with Crippen molar-refractivity contribution in [3.63, 3.8) is 0 Å². The second kappa shape index (κ2) is 10.0. The second-order valence-corrected chi connectivity index (χ2v) is 9.03. The molecule has 2 amide bonds. The monoisotopic (exact) mass is 488 g/mol. The predicted molar refractivity (Wildman–Crippen MR) is 138 cm³/mol. The molecule has 10 nitrogen and oxygen atoms in total. The molecule has 0 fully saturated rings. The predicted octanol–water partition coefficient (Wildman–Crippen LogP) is 2.33. The van der Waals surface area contributed by atoms with Crippen LogP contribution in [0.4, 0.5) is 5.69 Å². The van der Waals surface area contributed by atoms with Crippen LogP contribution in [0.5, 0.6) is 0 Å². The molecule has 0 aliphatic carbocycles. The summed E-state index contributed by atoms with van der Waals surface area (Å²) in [6.45, 7) is 9.83. The molecule has 2 N–H and O–H groups in total. The molecule has 0 aliphatic rings. The molecule has 0 bridgehead atoms. The zero-order valence-electron chi connectivity index (χ0n) is 20.4. The Bertz CT molecular complexity index is 1590. The Morgan fingerprint density at radius 2 is 1.83 bits per heavy atom. The normalized spacial score (nSPS) is 11.2. The molecule has 0 aliphatic heterocycles. The first-order chi connectivity index (χ1) is 17.2. The summed E-state index contributed by atoms with van der Waals surface area (Å²) in [5.74, 6) is -0.439. The highest BCUT2D eigenvalue weighted by Gasteiger charge is 2.20. The van der Waals surface area contributed by atoms with Crippen molar-refractivity contribution in [3.8, 4) is 0 Å². The molecule has 2 heterocycles. The highest BCUT2D eigenvalue weighted by molar-refractivity contribution is 5.98. The standard InChI is InChI=1S/C26H28N6O4/c1-5-12-30-24(35)20-11-8-18(23(34)27-14-16(2)3)13-21(20)32-25(30)29-31(26(32)36)15-22(33)28-19-9-6-17(4)7-10-19/h5-11,13,16H,1,12,14-15H2,2-4H3,(H,27,34)(H,28,33). The van der Waals surface area contributed by atoms with Crippen molar-refractivity contribution < 1.29 is 9.59 Å². The number of carbonyl (C=O) groups excluding carboxylic acids is 2. The van der Waals surface area contributed by atoms with Gasteiger partial charge in [0.15, 0.2) is 0 Å². The lowest BCUT2D eigenvalue weighted by Crippen LogP contribution is -2.30. The maximum absolute atomic E-state index is 13.4. The van der Waals surface area contributed by atoms with Crippen LogP contribution in [0.1, 0.15) is 29.8 Å². The number of allylic oxidation sites excluding steroid dienone is 1. The Kier molecular flexibility index (Phi) is 6.86. The molecule has 0 radical (unpaired) electrons. The summed E-state index contributed by atoms with van der Waals surface area (Å²) < 4.78 is 3.56. The van der Waals surface area contributed by atoms with Crippen molar-refractivity contribution in [1.82, 2.24) is 24.1 Å². The number of nitrogens with zero attached hydrogens (tertiary/aromatic N) is 4. The summed E-state index contributed by atoms with van der Waals surface area (Å²) in [6.07, 6.45) is 1.52. The van der Waals surface area contributed by atoms with Crippen molar-refractivity contribution in [2.75, 3.05) is 11.9 Å². The van der Waals surface area contributed by atoms with Gasteiger partial charge in [-0.15, -0.1) is 11.7 Å². The van der Waals surface area contributed by atoms with Crippen molar-refractivity contribution >= 4 is 34.2 Å². The second-order valence-electron chi connectivity index (χ2n) is 9.03. The van der Waals surface area contributed by atoms with Gasteiger partial charge in [-0.05, 0) is 43.2 Å². The van der Waals surface area contributed by atoms with Gasteiger partial charge in [0.1, 0.15) is 6.54 Å². The van der Waals surface area contributed by atoms with Crippen LogP contribution in [0.3, 0.4) is 0 Å². The van der Waals surface area contributed by atoms with E-state index in [9.17, 15) is 19.2 Å². The molecule has 4 rings (SSSR count). The van der Waals surface area contributed by atoms with E-state index in [1.165, 1.54) is 27.2 Å². The van der Waals surface area contributed by atoms with E-state index in [-0.39, 0.29) is 47.2 Å². The lowest BCUT2D eigenvalue weighted by atomic mass is 10.1. The Morgan fingerprint density at radius 3 is 2.50 bits per heavy atom. The van der Waals surface area contributed by atoms with E-state index >= 15 is 0 Å². The van der Waals surface area contributed by atoms with E-state index in [4.69, 9.17) is 0 Å². The highest BCUT2D eigenvalue weighted by Crippen LogP contribution is 2.15. The zero-order chi connectivity index (χ0) is 26.0. The lowest BCUT2D eigenvalue weighted by molar-refractivity contribution is -0.117. The average Bonchev–Trinajstić information content (AvgIpc) is 3.16. The molecule has 186 valence electrons. The smallest absolute Gasteiger partial charge is 0.352 e. The van der Waals surface area contributed by atoms with E-state index in [0.29, 0.717) is 17.8 Å². The van der Waals surface area contributed by atoms with Crippen molar-refractivity contribution in [2.45, 2.75) is 33.9 Å². The first-order valence-corrected chi connectivity index (χ1v) is 11.6. The third-order valence-corrected chi connectivity index (χ3v) is 5.65. The number of nitrogens with one attached hydrogen (secondary N) is 2. The fraction of sp³-hybridized carbons (Fsp3) is 0.269. The van der Waals surface area contributed by atoms with Gasteiger partial charge in [-0.25, -0.2) is 13.9 Å². The summed E-state index contributed by atoms with van der Waals surface area (Å²) in [5, 5.41) is 10.1. The molecular weight excluding hydrogens is 460 g/mol. The van der Waals surface area contributed by atoms with Gasteiger partial charge in [0, 0.05) is 24.3 Å². The Hall–Kier alpha value is -4.47. The molecule has 4 aromatic rings. The minimum atomic E-state index is -0.605. The van der Waals surface area contributed by atoms with Crippen molar-refractivity contribution in [2.24, 2.45) is 5.92 Å². The minimum absolute atomic E-state index is 0.0558. The summed E-state index contributed by atoms with van der Waals surface area (Å²) in [5.41, 5.74) is 1.20. The van der Waals surface area contributed by atoms with Gasteiger partial charge in [-0.1, -0.05) is 37.6 Å². The summed E-state index contributed by atoms with van der Waals surface area (Å²) in [4.78, 5) is 51.9. The number of hydrogen-bond acceptors (Lipinski definition) is 5. The van der Waals surface area contributed by atoms with E-state index in [2.05, 4.69) is 22.3 Å². The van der Waals surface area contributed by atoms with E-state index in [1.807, 2.05) is 32.9 Å². The molecule has 2 aromatic heterocycles. The number of hydrogen-bond donors (Lipinski definition) is 2. The van der Waals surface area contributed by atoms with Gasteiger partial charge >= 0.3 is 5.69 Å². The fourth-order valence-corrected chi connectivity index (χ4v) is 3.83. The number of carbonyl (C=O) groups is 2. The van der Waals surface area contributed by atoms with Crippen molar-refractivity contribution in [3.05, 3.63) is 87.1 Å². The average molecular weight is 489 g/mol. The quantitative estimate of drug-likeness (QED) is 0.369. The largest absolute Gasteiger partial charge is 0.352 e. The third kappa shape index (κ3) is 4.83. The number of benzene rings is 2.